The topological polar surface area (TPSA) is 92.7 Å². The molecule has 3 rings (SSSR count). The number of aryl methyl sites for hydroxylation is 2. The zero-order chi connectivity index (χ0) is 17.3. The summed E-state index contributed by atoms with van der Waals surface area (Å²) < 4.78 is 2.24. The number of rotatable bonds is 4. The SMILES string of the molecule is Cn1c(NCCc2nc3c(s2)CCCC3)c(C#N)c(=O)n(C)c1=O. The van der Waals surface area contributed by atoms with Crippen molar-refractivity contribution >= 4 is 17.2 Å². The summed E-state index contributed by atoms with van der Waals surface area (Å²) in [6.45, 7) is 0.515. The third-order valence-electron chi connectivity index (χ3n) is 4.30. The zero-order valence-electron chi connectivity index (χ0n) is 13.8. The Morgan fingerprint density at radius 1 is 1.25 bits per heavy atom. The van der Waals surface area contributed by atoms with Gasteiger partial charge in [-0.2, -0.15) is 5.26 Å². The highest BCUT2D eigenvalue weighted by atomic mass is 32.1. The third-order valence-corrected chi connectivity index (χ3v) is 5.51. The Hall–Kier alpha value is -2.40. The second-order valence-electron chi connectivity index (χ2n) is 5.90. The van der Waals surface area contributed by atoms with E-state index in [0.717, 1.165) is 22.4 Å². The molecule has 1 N–H and O–H groups in total. The average Bonchev–Trinajstić information content (AvgIpc) is 3.00. The Morgan fingerprint density at radius 2 is 2.00 bits per heavy atom. The van der Waals surface area contributed by atoms with E-state index in [1.165, 1.54) is 35.0 Å². The number of nitrogens with one attached hydrogen (secondary N) is 1. The van der Waals surface area contributed by atoms with Crippen molar-refractivity contribution < 1.29 is 0 Å². The molecule has 0 saturated heterocycles. The van der Waals surface area contributed by atoms with Crippen LogP contribution < -0.4 is 16.6 Å². The summed E-state index contributed by atoms with van der Waals surface area (Å²) in [4.78, 5) is 30.1. The Balaban J connectivity index is 1.78. The van der Waals surface area contributed by atoms with Crippen molar-refractivity contribution in [1.29, 1.82) is 5.26 Å². The van der Waals surface area contributed by atoms with Gasteiger partial charge in [0.1, 0.15) is 11.9 Å². The summed E-state index contributed by atoms with van der Waals surface area (Å²) in [6.07, 6.45) is 5.30. The van der Waals surface area contributed by atoms with Crippen molar-refractivity contribution in [3.63, 3.8) is 0 Å². The van der Waals surface area contributed by atoms with Crippen molar-refractivity contribution in [3.8, 4) is 6.07 Å². The third kappa shape index (κ3) is 2.87. The molecule has 0 amide bonds. The lowest BCUT2D eigenvalue weighted by Crippen LogP contribution is -2.40. The van der Waals surface area contributed by atoms with Crippen LogP contribution in [0.1, 0.15) is 34.0 Å². The molecular formula is C16H19N5O2S. The number of anilines is 1. The average molecular weight is 345 g/mol. The molecule has 126 valence electrons. The number of aromatic nitrogens is 3. The standard InChI is InChI=1S/C16H19N5O2S/c1-20-14(10(9-17)15(22)21(2)16(20)23)18-8-7-13-19-11-5-3-4-6-12(11)24-13/h18H,3-8H2,1-2H3. The van der Waals surface area contributed by atoms with Crippen molar-refractivity contribution in [1.82, 2.24) is 14.1 Å². The highest BCUT2D eigenvalue weighted by Crippen LogP contribution is 2.26. The minimum Gasteiger partial charge on any atom is -0.370 e. The van der Waals surface area contributed by atoms with Gasteiger partial charge in [-0.1, -0.05) is 0 Å². The number of thiazole rings is 1. The maximum Gasteiger partial charge on any atom is 0.332 e. The van der Waals surface area contributed by atoms with Gasteiger partial charge in [0.25, 0.3) is 5.56 Å². The van der Waals surface area contributed by atoms with E-state index in [-0.39, 0.29) is 11.4 Å². The van der Waals surface area contributed by atoms with Gasteiger partial charge < -0.3 is 5.32 Å². The van der Waals surface area contributed by atoms with Gasteiger partial charge in [0.15, 0.2) is 5.56 Å². The molecule has 1 aliphatic rings. The number of nitriles is 1. The molecule has 0 aliphatic heterocycles. The lowest BCUT2D eigenvalue weighted by molar-refractivity contribution is 0.679. The molecule has 2 heterocycles. The molecule has 24 heavy (non-hydrogen) atoms. The van der Waals surface area contributed by atoms with E-state index in [4.69, 9.17) is 0 Å². The first-order valence-corrected chi connectivity index (χ1v) is 8.76. The van der Waals surface area contributed by atoms with Crippen molar-refractivity contribution in [2.75, 3.05) is 11.9 Å². The predicted octanol–water partition coefficient (Wildman–Crippen LogP) is 0.946. The number of fused-ring (bicyclic) bond motifs is 1. The van der Waals surface area contributed by atoms with E-state index >= 15 is 0 Å². The van der Waals surface area contributed by atoms with Gasteiger partial charge in [-0.05, 0) is 25.7 Å². The summed E-state index contributed by atoms with van der Waals surface area (Å²) in [7, 11) is 2.92. The zero-order valence-corrected chi connectivity index (χ0v) is 14.6. The second-order valence-corrected chi connectivity index (χ2v) is 7.07. The van der Waals surface area contributed by atoms with Gasteiger partial charge in [0.2, 0.25) is 0 Å². The van der Waals surface area contributed by atoms with Crippen LogP contribution in [0.2, 0.25) is 0 Å². The second kappa shape index (κ2) is 6.61. The van der Waals surface area contributed by atoms with Gasteiger partial charge in [-0.15, -0.1) is 11.3 Å². The molecule has 0 radical (unpaired) electrons. The molecular weight excluding hydrogens is 326 g/mol. The van der Waals surface area contributed by atoms with Crippen LogP contribution in [0, 0.1) is 11.3 Å². The molecule has 2 aromatic rings. The largest absolute Gasteiger partial charge is 0.370 e. The van der Waals surface area contributed by atoms with E-state index < -0.39 is 11.2 Å². The van der Waals surface area contributed by atoms with Gasteiger partial charge in [-0.25, -0.2) is 9.78 Å². The van der Waals surface area contributed by atoms with Crippen LogP contribution in [-0.4, -0.2) is 20.7 Å². The molecule has 0 spiro atoms. The summed E-state index contributed by atoms with van der Waals surface area (Å²) in [6, 6.07) is 1.89. The highest BCUT2D eigenvalue weighted by molar-refractivity contribution is 7.11. The molecule has 0 saturated carbocycles. The molecule has 8 heteroatoms. The predicted molar refractivity (Wildman–Crippen MR) is 92.6 cm³/mol. The van der Waals surface area contributed by atoms with E-state index in [1.54, 1.807) is 18.4 Å². The van der Waals surface area contributed by atoms with Gasteiger partial charge in [0.05, 0.1) is 10.7 Å². The Kier molecular flexibility index (Phi) is 4.53. The Labute approximate surface area is 143 Å². The first kappa shape index (κ1) is 16.5. The van der Waals surface area contributed by atoms with Crippen LogP contribution >= 0.6 is 11.3 Å². The van der Waals surface area contributed by atoms with E-state index in [0.29, 0.717) is 13.0 Å². The Morgan fingerprint density at radius 3 is 2.71 bits per heavy atom. The normalized spacial score (nSPS) is 13.4. The molecule has 1 aliphatic carbocycles. The molecule has 7 nitrogen and oxygen atoms in total. The minimum absolute atomic E-state index is 0.0435. The smallest absolute Gasteiger partial charge is 0.332 e. The van der Waals surface area contributed by atoms with Crippen molar-refractivity contribution in [2.24, 2.45) is 14.1 Å². The van der Waals surface area contributed by atoms with E-state index in [2.05, 4.69) is 10.3 Å². The quantitative estimate of drug-likeness (QED) is 0.890. The number of hydrogen-bond donors (Lipinski definition) is 1. The maximum atomic E-state index is 12.0. The summed E-state index contributed by atoms with van der Waals surface area (Å²) in [5.74, 6) is 0.270. The maximum absolute atomic E-state index is 12.0. The fraction of sp³-hybridized carbons (Fsp3) is 0.500. The van der Waals surface area contributed by atoms with Crippen LogP contribution in [-0.2, 0) is 33.4 Å². The van der Waals surface area contributed by atoms with Crippen LogP contribution in [0.5, 0.6) is 0 Å². The molecule has 0 aromatic carbocycles. The lowest BCUT2D eigenvalue weighted by atomic mass is 10.0. The van der Waals surface area contributed by atoms with Crippen LogP contribution in [0.4, 0.5) is 5.82 Å². The minimum atomic E-state index is -0.576. The van der Waals surface area contributed by atoms with Crippen molar-refractivity contribution in [3.05, 3.63) is 42.0 Å². The molecule has 0 unspecified atom stereocenters. The van der Waals surface area contributed by atoms with Gasteiger partial charge in [-0.3, -0.25) is 13.9 Å². The fourth-order valence-corrected chi connectivity index (χ4v) is 4.11. The molecule has 2 aromatic heterocycles. The number of hydrogen-bond acceptors (Lipinski definition) is 6. The molecule has 0 bridgehead atoms. The van der Waals surface area contributed by atoms with Gasteiger partial charge in [0, 0.05) is 31.9 Å². The van der Waals surface area contributed by atoms with Crippen LogP contribution in [0.25, 0.3) is 0 Å². The first-order valence-electron chi connectivity index (χ1n) is 7.94. The number of nitrogens with zero attached hydrogens (tertiary/aromatic N) is 4. The lowest BCUT2D eigenvalue weighted by Gasteiger charge is -2.13. The van der Waals surface area contributed by atoms with Crippen molar-refractivity contribution in [2.45, 2.75) is 32.1 Å². The summed E-state index contributed by atoms with van der Waals surface area (Å²) >= 11 is 1.74. The monoisotopic (exact) mass is 345 g/mol. The highest BCUT2D eigenvalue weighted by Gasteiger charge is 2.17. The van der Waals surface area contributed by atoms with Gasteiger partial charge >= 0.3 is 5.69 Å². The van der Waals surface area contributed by atoms with E-state index in [9.17, 15) is 14.9 Å². The summed E-state index contributed by atoms with van der Waals surface area (Å²) in [5.41, 5.74) is 0.150. The molecule has 0 atom stereocenters. The van der Waals surface area contributed by atoms with Crippen LogP contribution in [0.3, 0.4) is 0 Å². The van der Waals surface area contributed by atoms with Crippen LogP contribution in [0.15, 0.2) is 9.59 Å². The molecule has 0 fully saturated rings. The van der Waals surface area contributed by atoms with E-state index in [1.807, 2.05) is 6.07 Å². The first-order chi connectivity index (χ1) is 11.5. The summed E-state index contributed by atoms with van der Waals surface area (Å²) in [5, 5.41) is 13.4. The Bertz CT molecular complexity index is 908. The fourth-order valence-electron chi connectivity index (χ4n) is 2.95.